The minimum atomic E-state index is -0.729. The average molecular weight is 539 g/mol. The molecule has 0 aliphatic heterocycles. The molecule has 0 radical (unpaired) electrons. The summed E-state index contributed by atoms with van der Waals surface area (Å²) in [6.07, 6.45) is 4.26. The number of nitrogens with one attached hydrogen (secondary N) is 2. The highest BCUT2D eigenvalue weighted by Crippen LogP contribution is 2.25. The summed E-state index contributed by atoms with van der Waals surface area (Å²) in [5.74, 6) is 0.0358. The van der Waals surface area contributed by atoms with Crippen molar-refractivity contribution < 1.29 is 19.4 Å². The molecule has 7 heteroatoms. The zero-order valence-electron chi connectivity index (χ0n) is 22.0. The zero-order chi connectivity index (χ0) is 26.3. The number of halogens is 1. The molecule has 204 valence electrons. The second-order valence-electron chi connectivity index (χ2n) is 9.36. The molecule has 0 bridgehead atoms. The maximum absolute atomic E-state index is 12.4. The van der Waals surface area contributed by atoms with Gasteiger partial charge in [0.05, 0.1) is 6.42 Å². The third-order valence-electron chi connectivity index (χ3n) is 6.14. The standard InChI is InChI=1S/C31H38N2O4.ClH/c1-24(22-32-20-10-3-2-7-15-31(35)36)33-30(34)21-25-16-18-28(19-17-25)37-23-27-13-8-9-14-29(27)26-11-5-4-6-12-26;/h4-6,8-9,11-14,16-19,24,32H,2-3,7,10,15,20-23H2,1H3,(H,33,34)(H,35,36);1H. The van der Waals surface area contributed by atoms with Gasteiger partial charge in [0.15, 0.2) is 0 Å². The third kappa shape index (κ3) is 11.4. The average Bonchev–Trinajstić information content (AvgIpc) is 2.90. The number of carboxylic acids is 1. The number of carbonyl (C=O) groups is 2. The molecule has 0 spiro atoms. The van der Waals surface area contributed by atoms with E-state index in [2.05, 4.69) is 34.9 Å². The van der Waals surface area contributed by atoms with Crippen molar-refractivity contribution in [1.29, 1.82) is 0 Å². The van der Waals surface area contributed by atoms with E-state index < -0.39 is 5.97 Å². The number of amides is 1. The van der Waals surface area contributed by atoms with Crippen LogP contribution in [0.4, 0.5) is 0 Å². The maximum atomic E-state index is 12.4. The second-order valence-corrected chi connectivity index (χ2v) is 9.36. The summed E-state index contributed by atoms with van der Waals surface area (Å²) < 4.78 is 6.04. The lowest BCUT2D eigenvalue weighted by atomic mass is 10.0. The minimum Gasteiger partial charge on any atom is -0.489 e. The lowest BCUT2D eigenvalue weighted by Crippen LogP contribution is -2.40. The zero-order valence-corrected chi connectivity index (χ0v) is 22.8. The smallest absolute Gasteiger partial charge is 0.303 e. The summed E-state index contributed by atoms with van der Waals surface area (Å²) in [7, 11) is 0. The lowest BCUT2D eigenvalue weighted by molar-refractivity contribution is -0.137. The highest BCUT2D eigenvalue weighted by atomic mass is 35.5. The number of carbonyl (C=O) groups excluding carboxylic acids is 1. The molecular formula is C31H39ClN2O4. The molecule has 0 aliphatic rings. The SMILES string of the molecule is CC(CNCCCCCCC(=O)O)NC(=O)Cc1ccc(OCc2ccccc2-c2ccccc2)cc1.Cl. The van der Waals surface area contributed by atoms with E-state index >= 15 is 0 Å². The Kier molecular flexibility index (Phi) is 14.0. The molecule has 3 rings (SSSR count). The molecule has 0 aliphatic carbocycles. The van der Waals surface area contributed by atoms with Crippen LogP contribution < -0.4 is 15.4 Å². The Morgan fingerprint density at radius 2 is 1.55 bits per heavy atom. The summed E-state index contributed by atoms with van der Waals surface area (Å²) in [6, 6.07) is 26.3. The Hall–Kier alpha value is -3.35. The monoisotopic (exact) mass is 538 g/mol. The van der Waals surface area contributed by atoms with E-state index in [-0.39, 0.29) is 30.8 Å². The quantitative estimate of drug-likeness (QED) is 0.194. The number of ether oxygens (including phenoxy) is 1. The number of hydrogen-bond donors (Lipinski definition) is 3. The molecule has 3 aromatic rings. The molecular weight excluding hydrogens is 500 g/mol. The summed E-state index contributed by atoms with van der Waals surface area (Å²) in [6.45, 7) is 4.03. The molecule has 3 aromatic carbocycles. The van der Waals surface area contributed by atoms with E-state index in [1.165, 1.54) is 5.56 Å². The van der Waals surface area contributed by atoms with Crippen LogP contribution in [0.2, 0.25) is 0 Å². The lowest BCUT2D eigenvalue weighted by Gasteiger charge is -2.15. The van der Waals surface area contributed by atoms with Crippen LogP contribution in [0.25, 0.3) is 11.1 Å². The number of aliphatic carboxylic acids is 1. The van der Waals surface area contributed by atoms with Crippen molar-refractivity contribution in [2.24, 2.45) is 0 Å². The van der Waals surface area contributed by atoms with E-state index in [4.69, 9.17) is 9.84 Å². The van der Waals surface area contributed by atoms with Crippen LogP contribution in [-0.2, 0) is 22.6 Å². The fraction of sp³-hybridized carbons (Fsp3) is 0.355. The predicted octanol–water partition coefficient (Wildman–Crippen LogP) is 6.03. The van der Waals surface area contributed by atoms with E-state index in [9.17, 15) is 9.59 Å². The van der Waals surface area contributed by atoms with Gasteiger partial charge in [-0.3, -0.25) is 9.59 Å². The Labute approximate surface area is 232 Å². The molecule has 3 N–H and O–H groups in total. The maximum Gasteiger partial charge on any atom is 0.303 e. The Morgan fingerprint density at radius 1 is 0.868 bits per heavy atom. The Bertz CT molecular complexity index is 1110. The van der Waals surface area contributed by atoms with Crippen molar-refractivity contribution >= 4 is 24.3 Å². The van der Waals surface area contributed by atoms with Crippen LogP contribution in [0, 0.1) is 0 Å². The van der Waals surface area contributed by atoms with Crippen LogP contribution in [0.3, 0.4) is 0 Å². The van der Waals surface area contributed by atoms with Gasteiger partial charge in [0, 0.05) is 19.0 Å². The summed E-state index contributed by atoms with van der Waals surface area (Å²) in [4.78, 5) is 22.9. The molecule has 0 saturated heterocycles. The van der Waals surface area contributed by atoms with Gasteiger partial charge < -0.3 is 20.5 Å². The van der Waals surface area contributed by atoms with E-state index in [1.807, 2.05) is 61.5 Å². The van der Waals surface area contributed by atoms with Crippen LogP contribution in [0.15, 0.2) is 78.9 Å². The first-order valence-electron chi connectivity index (χ1n) is 13.1. The van der Waals surface area contributed by atoms with Crippen molar-refractivity contribution in [2.45, 2.75) is 58.1 Å². The van der Waals surface area contributed by atoms with Gasteiger partial charge in [-0.2, -0.15) is 0 Å². The number of hydrogen-bond acceptors (Lipinski definition) is 4. The molecule has 6 nitrogen and oxygen atoms in total. The minimum absolute atomic E-state index is 0. The van der Waals surface area contributed by atoms with E-state index in [0.717, 1.165) is 54.7 Å². The first-order chi connectivity index (χ1) is 18.0. The van der Waals surface area contributed by atoms with E-state index in [0.29, 0.717) is 19.6 Å². The molecule has 38 heavy (non-hydrogen) atoms. The third-order valence-corrected chi connectivity index (χ3v) is 6.14. The number of carboxylic acid groups (broad SMARTS) is 1. The van der Waals surface area contributed by atoms with Crippen molar-refractivity contribution in [1.82, 2.24) is 10.6 Å². The summed E-state index contributed by atoms with van der Waals surface area (Å²) >= 11 is 0. The van der Waals surface area contributed by atoms with Crippen LogP contribution in [0.1, 0.15) is 50.2 Å². The fourth-order valence-corrected chi connectivity index (χ4v) is 4.17. The van der Waals surface area contributed by atoms with Crippen molar-refractivity contribution in [3.05, 3.63) is 90.0 Å². The Balaban J connectivity index is 0.00000507. The highest BCUT2D eigenvalue weighted by Gasteiger charge is 2.09. The first kappa shape index (κ1) is 30.9. The Morgan fingerprint density at radius 3 is 2.29 bits per heavy atom. The van der Waals surface area contributed by atoms with Gasteiger partial charge >= 0.3 is 5.97 Å². The molecule has 1 atom stereocenters. The molecule has 1 amide bonds. The van der Waals surface area contributed by atoms with Gasteiger partial charge in [-0.15, -0.1) is 12.4 Å². The highest BCUT2D eigenvalue weighted by molar-refractivity contribution is 5.85. The van der Waals surface area contributed by atoms with Gasteiger partial charge in [-0.1, -0.05) is 79.6 Å². The van der Waals surface area contributed by atoms with Crippen molar-refractivity contribution in [3.8, 4) is 16.9 Å². The number of unbranched alkanes of at least 4 members (excludes halogenated alkanes) is 3. The first-order valence-corrected chi connectivity index (χ1v) is 13.1. The molecule has 0 fully saturated rings. The van der Waals surface area contributed by atoms with Gasteiger partial charge in [-0.05, 0) is 60.7 Å². The molecule has 0 heterocycles. The topological polar surface area (TPSA) is 87.7 Å². The van der Waals surface area contributed by atoms with Gasteiger partial charge in [0.25, 0.3) is 0 Å². The normalized spacial score (nSPS) is 11.3. The van der Waals surface area contributed by atoms with Gasteiger partial charge in [-0.25, -0.2) is 0 Å². The fourth-order valence-electron chi connectivity index (χ4n) is 4.17. The molecule has 1 unspecified atom stereocenters. The molecule has 0 aromatic heterocycles. The summed E-state index contributed by atoms with van der Waals surface area (Å²) in [5, 5.41) is 15.0. The van der Waals surface area contributed by atoms with Crippen LogP contribution in [-0.4, -0.2) is 36.1 Å². The number of rotatable bonds is 16. The second kappa shape index (κ2) is 17.2. The van der Waals surface area contributed by atoms with Crippen LogP contribution in [0.5, 0.6) is 5.75 Å². The largest absolute Gasteiger partial charge is 0.489 e. The van der Waals surface area contributed by atoms with Crippen molar-refractivity contribution in [2.75, 3.05) is 13.1 Å². The van der Waals surface area contributed by atoms with Gasteiger partial charge in [0.1, 0.15) is 12.4 Å². The number of benzene rings is 3. The predicted molar refractivity (Wildman–Crippen MR) is 155 cm³/mol. The van der Waals surface area contributed by atoms with Crippen molar-refractivity contribution in [3.63, 3.8) is 0 Å². The van der Waals surface area contributed by atoms with Gasteiger partial charge in [0.2, 0.25) is 5.91 Å². The molecule has 0 saturated carbocycles. The van der Waals surface area contributed by atoms with Crippen LogP contribution >= 0.6 is 12.4 Å². The van der Waals surface area contributed by atoms with E-state index in [1.54, 1.807) is 0 Å². The summed E-state index contributed by atoms with van der Waals surface area (Å²) in [5.41, 5.74) is 4.39.